The summed E-state index contributed by atoms with van der Waals surface area (Å²) in [5.74, 6) is 1.11. The number of carbonyl (C=O) groups excluding carboxylic acids is 2. The van der Waals surface area contributed by atoms with Crippen molar-refractivity contribution in [3.8, 4) is 11.5 Å². The molecule has 31 heavy (non-hydrogen) atoms. The molecule has 0 bridgehead atoms. The van der Waals surface area contributed by atoms with E-state index < -0.39 is 6.04 Å². The van der Waals surface area contributed by atoms with Crippen LogP contribution in [0.4, 0.5) is 11.4 Å². The fourth-order valence-corrected chi connectivity index (χ4v) is 4.68. The van der Waals surface area contributed by atoms with E-state index in [2.05, 4.69) is 19.2 Å². The van der Waals surface area contributed by atoms with E-state index in [9.17, 15) is 9.59 Å². The fourth-order valence-electron chi connectivity index (χ4n) is 4.68. The van der Waals surface area contributed by atoms with E-state index in [1.807, 2.05) is 42.5 Å². The van der Waals surface area contributed by atoms with Gasteiger partial charge < -0.3 is 14.8 Å². The molecule has 0 aromatic heterocycles. The number of allylic oxidation sites excluding steroid dienone is 1. The van der Waals surface area contributed by atoms with Crippen LogP contribution in [0.25, 0.3) is 0 Å². The standard InChI is InChI=1S/C25H28N2O4/c1-15(28)27-20-9-7-6-8-18(20)26-19-13-25(2,3)14-21(29)23(19)24(27)17-12-16(30-4)10-11-22(17)31-5/h6-12,24,26H,13-14H2,1-5H3. The highest BCUT2D eigenvalue weighted by Crippen LogP contribution is 2.50. The topological polar surface area (TPSA) is 67.9 Å². The van der Waals surface area contributed by atoms with Crippen LogP contribution in [-0.4, -0.2) is 25.9 Å². The molecule has 0 saturated heterocycles. The third-order valence-corrected chi connectivity index (χ3v) is 5.97. The van der Waals surface area contributed by atoms with Gasteiger partial charge in [-0.05, 0) is 42.2 Å². The third kappa shape index (κ3) is 3.67. The maximum atomic E-state index is 13.5. The first-order valence-electron chi connectivity index (χ1n) is 10.4. The lowest BCUT2D eigenvalue weighted by Gasteiger charge is -2.37. The summed E-state index contributed by atoms with van der Waals surface area (Å²) in [6.45, 7) is 5.72. The molecule has 4 rings (SSSR count). The van der Waals surface area contributed by atoms with Crippen molar-refractivity contribution in [2.45, 2.75) is 39.7 Å². The van der Waals surface area contributed by atoms with Gasteiger partial charge in [-0.15, -0.1) is 0 Å². The van der Waals surface area contributed by atoms with Crippen LogP contribution < -0.4 is 19.7 Å². The van der Waals surface area contributed by atoms with Crippen LogP contribution in [0.5, 0.6) is 11.5 Å². The van der Waals surface area contributed by atoms with Crippen molar-refractivity contribution in [3.63, 3.8) is 0 Å². The van der Waals surface area contributed by atoms with Crippen molar-refractivity contribution in [2.24, 2.45) is 5.41 Å². The highest BCUT2D eigenvalue weighted by Gasteiger charge is 2.43. The number of methoxy groups -OCH3 is 2. The Labute approximate surface area is 182 Å². The van der Waals surface area contributed by atoms with Gasteiger partial charge in [0.25, 0.3) is 0 Å². The summed E-state index contributed by atoms with van der Waals surface area (Å²) in [4.78, 5) is 28.3. The van der Waals surface area contributed by atoms with Gasteiger partial charge in [-0.1, -0.05) is 26.0 Å². The van der Waals surface area contributed by atoms with Crippen molar-refractivity contribution in [1.29, 1.82) is 0 Å². The normalized spacial score (nSPS) is 19.7. The molecule has 1 N–H and O–H groups in total. The van der Waals surface area contributed by atoms with E-state index in [0.717, 1.165) is 22.6 Å². The summed E-state index contributed by atoms with van der Waals surface area (Å²) in [6.07, 6.45) is 1.12. The smallest absolute Gasteiger partial charge is 0.224 e. The van der Waals surface area contributed by atoms with Gasteiger partial charge in [0.05, 0.1) is 31.6 Å². The van der Waals surface area contributed by atoms with Crippen LogP contribution >= 0.6 is 0 Å². The van der Waals surface area contributed by atoms with E-state index in [-0.39, 0.29) is 17.1 Å². The van der Waals surface area contributed by atoms with E-state index in [1.165, 1.54) is 6.92 Å². The number of benzene rings is 2. The van der Waals surface area contributed by atoms with E-state index in [1.54, 1.807) is 19.1 Å². The molecule has 0 spiro atoms. The molecule has 0 fully saturated rings. The Morgan fingerprint density at radius 3 is 2.52 bits per heavy atom. The lowest BCUT2D eigenvalue weighted by atomic mass is 9.73. The van der Waals surface area contributed by atoms with Crippen LogP contribution in [0.1, 0.15) is 45.2 Å². The zero-order valence-corrected chi connectivity index (χ0v) is 18.6. The monoisotopic (exact) mass is 420 g/mol. The number of amides is 1. The average molecular weight is 421 g/mol. The van der Waals surface area contributed by atoms with E-state index >= 15 is 0 Å². The minimum atomic E-state index is -0.628. The van der Waals surface area contributed by atoms with Crippen molar-refractivity contribution >= 4 is 23.1 Å². The molecule has 1 amide bonds. The van der Waals surface area contributed by atoms with Crippen LogP contribution in [0, 0.1) is 5.41 Å². The Kier molecular flexibility index (Phi) is 5.25. The maximum absolute atomic E-state index is 13.5. The second-order valence-corrected chi connectivity index (χ2v) is 8.87. The molecule has 0 radical (unpaired) electrons. The Morgan fingerprint density at radius 1 is 1.10 bits per heavy atom. The highest BCUT2D eigenvalue weighted by molar-refractivity contribution is 6.06. The van der Waals surface area contributed by atoms with Crippen molar-refractivity contribution in [3.05, 3.63) is 59.3 Å². The van der Waals surface area contributed by atoms with Gasteiger partial charge in [0.15, 0.2) is 5.78 Å². The highest BCUT2D eigenvalue weighted by atomic mass is 16.5. The largest absolute Gasteiger partial charge is 0.497 e. The zero-order valence-electron chi connectivity index (χ0n) is 18.6. The molecule has 1 aliphatic heterocycles. The fraction of sp³-hybridized carbons (Fsp3) is 0.360. The predicted molar refractivity (Wildman–Crippen MR) is 121 cm³/mol. The summed E-state index contributed by atoms with van der Waals surface area (Å²) in [6, 6.07) is 12.5. The van der Waals surface area contributed by atoms with Gasteiger partial charge in [0.2, 0.25) is 5.91 Å². The molecule has 1 aliphatic carbocycles. The number of hydrogen-bond acceptors (Lipinski definition) is 5. The molecule has 1 heterocycles. The minimum Gasteiger partial charge on any atom is -0.497 e. The Morgan fingerprint density at radius 2 is 1.84 bits per heavy atom. The molecule has 6 nitrogen and oxygen atoms in total. The van der Waals surface area contributed by atoms with E-state index in [0.29, 0.717) is 29.9 Å². The molecule has 2 aliphatic rings. The quantitative estimate of drug-likeness (QED) is 0.768. The molecule has 1 unspecified atom stereocenters. The number of fused-ring (bicyclic) bond motifs is 1. The second kappa shape index (κ2) is 7.76. The number of hydrogen-bond donors (Lipinski definition) is 1. The summed E-state index contributed by atoms with van der Waals surface area (Å²) >= 11 is 0. The van der Waals surface area contributed by atoms with Crippen LogP contribution in [-0.2, 0) is 9.59 Å². The molecule has 6 heteroatoms. The molecule has 2 aromatic rings. The first kappa shape index (κ1) is 21.0. The number of nitrogens with one attached hydrogen (secondary N) is 1. The summed E-state index contributed by atoms with van der Waals surface area (Å²) in [7, 11) is 3.19. The Hall–Kier alpha value is -3.28. The number of Topliss-reactive ketones (excluding diaryl/α,β-unsaturated/α-hetero) is 1. The van der Waals surface area contributed by atoms with Gasteiger partial charge in [-0.3, -0.25) is 14.5 Å². The molecule has 1 atom stereocenters. The van der Waals surface area contributed by atoms with Crippen molar-refractivity contribution in [2.75, 3.05) is 24.4 Å². The van der Waals surface area contributed by atoms with Crippen molar-refractivity contribution in [1.82, 2.24) is 0 Å². The first-order valence-corrected chi connectivity index (χ1v) is 10.4. The van der Waals surface area contributed by atoms with Crippen LogP contribution in [0.2, 0.25) is 0 Å². The van der Waals surface area contributed by atoms with Crippen molar-refractivity contribution < 1.29 is 19.1 Å². The number of carbonyl (C=O) groups is 2. The summed E-state index contributed by atoms with van der Waals surface area (Å²) in [5.41, 5.74) is 3.54. The number of anilines is 2. The number of ketones is 1. The molecular formula is C25H28N2O4. The number of para-hydroxylation sites is 2. The molecule has 2 aromatic carbocycles. The third-order valence-electron chi connectivity index (χ3n) is 5.97. The van der Waals surface area contributed by atoms with Gasteiger partial charge in [0, 0.05) is 30.2 Å². The number of nitrogens with zero attached hydrogens (tertiary/aromatic N) is 1. The maximum Gasteiger partial charge on any atom is 0.224 e. The van der Waals surface area contributed by atoms with Gasteiger partial charge >= 0.3 is 0 Å². The Bertz CT molecular complexity index is 1090. The lowest BCUT2D eigenvalue weighted by molar-refractivity contribution is -0.118. The number of rotatable bonds is 3. The first-order chi connectivity index (χ1) is 14.8. The van der Waals surface area contributed by atoms with Crippen LogP contribution in [0.3, 0.4) is 0 Å². The summed E-state index contributed by atoms with van der Waals surface area (Å²) < 4.78 is 11.1. The predicted octanol–water partition coefficient (Wildman–Crippen LogP) is 4.87. The Balaban J connectivity index is 2.06. The average Bonchev–Trinajstić information content (AvgIpc) is 2.86. The summed E-state index contributed by atoms with van der Waals surface area (Å²) in [5, 5.41) is 3.49. The minimum absolute atomic E-state index is 0.0349. The number of ether oxygens (including phenoxy) is 2. The van der Waals surface area contributed by atoms with Gasteiger partial charge in [0.1, 0.15) is 11.5 Å². The molecule has 162 valence electrons. The lowest BCUT2D eigenvalue weighted by Crippen LogP contribution is -2.38. The second-order valence-electron chi connectivity index (χ2n) is 8.87. The molecular weight excluding hydrogens is 392 g/mol. The van der Waals surface area contributed by atoms with E-state index in [4.69, 9.17) is 9.47 Å². The van der Waals surface area contributed by atoms with Gasteiger partial charge in [-0.25, -0.2) is 0 Å². The zero-order chi connectivity index (χ0) is 22.3. The molecule has 0 saturated carbocycles. The SMILES string of the molecule is COc1ccc(OC)c(C2C3=C(CC(C)(C)CC3=O)Nc3ccccc3N2C(C)=O)c1. The van der Waals surface area contributed by atoms with Crippen LogP contribution in [0.15, 0.2) is 53.7 Å². The van der Waals surface area contributed by atoms with Gasteiger partial charge in [-0.2, -0.15) is 0 Å².